The Hall–Kier alpha value is -3.15. The fourth-order valence-electron chi connectivity index (χ4n) is 2.64. The monoisotopic (exact) mass is 364 g/mol. The Bertz CT molecular complexity index is 900. The summed E-state index contributed by atoms with van der Waals surface area (Å²) >= 11 is 0. The van der Waals surface area contributed by atoms with E-state index >= 15 is 0 Å². The number of nitrogens with zero attached hydrogens (tertiary/aromatic N) is 3. The molecule has 0 radical (unpaired) electrons. The lowest BCUT2D eigenvalue weighted by Crippen LogP contribution is -2.24. The molecule has 3 rings (SSSR count). The van der Waals surface area contributed by atoms with Gasteiger partial charge in [0.2, 0.25) is 0 Å². The van der Waals surface area contributed by atoms with E-state index in [1.165, 1.54) is 0 Å². The molecule has 6 heteroatoms. The minimum Gasteiger partial charge on any atom is -0.493 e. The van der Waals surface area contributed by atoms with Crippen molar-refractivity contribution in [3.05, 3.63) is 60.0 Å². The lowest BCUT2D eigenvalue weighted by molar-refractivity contribution is 0.223. The molecule has 1 N–H and O–H groups in total. The summed E-state index contributed by atoms with van der Waals surface area (Å²) in [5.41, 5.74) is 2.85. The van der Waals surface area contributed by atoms with Gasteiger partial charge in [0.25, 0.3) is 0 Å². The van der Waals surface area contributed by atoms with Crippen LogP contribution in [0.2, 0.25) is 0 Å². The number of pyridine rings is 1. The zero-order chi connectivity index (χ0) is 19.2. The van der Waals surface area contributed by atoms with Crippen molar-refractivity contribution in [2.45, 2.75) is 26.9 Å². The van der Waals surface area contributed by atoms with Gasteiger partial charge in [-0.05, 0) is 45.0 Å². The van der Waals surface area contributed by atoms with E-state index in [9.17, 15) is 0 Å². The normalized spacial score (nSPS) is 11.7. The van der Waals surface area contributed by atoms with Gasteiger partial charge in [0.05, 0.1) is 13.7 Å². The third-order valence-corrected chi connectivity index (χ3v) is 4.26. The fraction of sp³-hybridized carbons (Fsp3) is 0.286. The molecule has 1 atom stereocenters. The highest BCUT2D eigenvalue weighted by atomic mass is 16.5. The highest BCUT2D eigenvalue weighted by Crippen LogP contribution is 2.27. The fourth-order valence-corrected chi connectivity index (χ4v) is 2.64. The smallest absolute Gasteiger partial charge is 0.163 e. The van der Waals surface area contributed by atoms with Crippen LogP contribution in [0, 0.1) is 13.8 Å². The highest BCUT2D eigenvalue weighted by molar-refractivity contribution is 5.58. The Morgan fingerprint density at radius 3 is 2.52 bits per heavy atom. The van der Waals surface area contributed by atoms with Gasteiger partial charge in [-0.25, -0.2) is 9.97 Å². The van der Waals surface area contributed by atoms with Crippen LogP contribution in [0.4, 0.5) is 5.82 Å². The molecule has 0 aliphatic rings. The van der Waals surface area contributed by atoms with Crippen LogP contribution < -0.4 is 14.8 Å². The number of hydrogen-bond donors (Lipinski definition) is 1. The van der Waals surface area contributed by atoms with Gasteiger partial charge in [-0.2, -0.15) is 0 Å². The topological polar surface area (TPSA) is 69.2 Å². The lowest BCUT2D eigenvalue weighted by Gasteiger charge is -2.19. The van der Waals surface area contributed by atoms with Gasteiger partial charge in [-0.3, -0.25) is 4.98 Å². The Morgan fingerprint density at radius 2 is 1.81 bits per heavy atom. The van der Waals surface area contributed by atoms with E-state index in [1.54, 1.807) is 19.5 Å². The second-order valence-corrected chi connectivity index (χ2v) is 6.31. The van der Waals surface area contributed by atoms with Gasteiger partial charge in [0.1, 0.15) is 11.9 Å². The van der Waals surface area contributed by atoms with Crippen LogP contribution in [-0.4, -0.2) is 34.7 Å². The van der Waals surface area contributed by atoms with Crippen LogP contribution >= 0.6 is 0 Å². The van der Waals surface area contributed by atoms with Crippen LogP contribution in [0.15, 0.2) is 48.8 Å². The van der Waals surface area contributed by atoms with Crippen molar-refractivity contribution >= 4 is 5.82 Å². The number of anilines is 1. The summed E-state index contributed by atoms with van der Waals surface area (Å²) in [5.74, 6) is 2.90. The number of aromatic nitrogens is 3. The number of rotatable bonds is 7. The zero-order valence-electron chi connectivity index (χ0n) is 16.1. The van der Waals surface area contributed by atoms with E-state index < -0.39 is 0 Å². The Morgan fingerprint density at radius 1 is 1.04 bits per heavy atom. The Labute approximate surface area is 159 Å². The van der Waals surface area contributed by atoms with Crippen LogP contribution in [0.25, 0.3) is 11.4 Å². The van der Waals surface area contributed by atoms with Gasteiger partial charge in [0.15, 0.2) is 17.3 Å². The standard InChI is InChI=1S/C21H24N4O2/c1-14(27-19-10-6-5-9-18(19)26-4)12-23-20-15(2)16(3)24-21(25-20)17-8-7-11-22-13-17/h5-11,13-14H,12H2,1-4H3,(H,23,24,25). The first-order valence-electron chi connectivity index (χ1n) is 8.87. The Balaban J connectivity index is 1.72. The summed E-state index contributed by atoms with van der Waals surface area (Å²) in [6, 6.07) is 11.5. The van der Waals surface area contributed by atoms with Crippen LogP contribution in [0.1, 0.15) is 18.2 Å². The molecule has 140 valence electrons. The van der Waals surface area contributed by atoms with Crippen molar-refractivity contribution in [1.29, 1.82) is 0 Å². The number of ether oxygens (including phenoxy) is 2. The molecule has 0 saturated carbocycles. The molecule has 0 amide bonds. The molecule has 2 aromatic heterocycles. The van der Waals surface area contributed by atoms with Gasteiger partial charge in [-0.15, -0.1) is 0 Å². The SMILES string of the molecule is COc1ccccc1OC(C)CNc1nc(-c2cccnc2)nc(C)c1C. The first-order valence-corrected chi connectivity index (χ1v) is 8.87. The maximum Gasteiger partial charge on any atom is 0.163 e. The minimum absolute atomic E-state index is 0.0715. The Kier molecular flexibility index (Phi) is 5.86. The molecule has 27 heavy (non-hydrogen) atoms. The van der Waals surface area contributed by atoms with Crippen molar-refractivity contribution < 1.29 is 9.47 Å². The molecule has 0 fully saturated rings. The molecule has 1 unspecified atom stereocenters. The van der Waals surface area contributed by atoms with E-state index in [0.29, 0.717) is 12.4 Å². The van der Waals surface area contributed by atoms with Gasteiger partial charge < -0.3 is 14.8 Å². The summed E-state index contributed by atoms with van der Waals surface area (Å²) in [4.78, 5) is 13.4. The predicted molar refractivity (Wildman–Crippen MR) is 106 cm³/mol. The summed E-state index contributed by atoms with van der Waals surface area (Å²) in [7, 11) is 1.64. The third-order valence-electron chi connectivity index (χ3n) is 4.26. The lowest BCUT2D eigenvalue weighted by atomic mass is 10.2. The largest absolute Gasteiger partial charge is 0.493 e. The molecule has 0 bridgehead atoms. The van der Waals surface area contributed by atoms with Crippen molar-refractivity contribution in [2.24, 2.45) is 0 Å². The average molecular weight is 364 g/mol. The quantitative estimate of drug-likeness (QED) is 0.682. The summed E-state index contributed by atoms with van der Waals surface area (Å²) in [6.45, 7) is 6.60. The molecule has 6 nitrogen and oxygen atoms in total. The van der Waals surface area contributed by atoms with E-state index in [1.807, 2.05) is 57.2 Å². The van der Waals surface area contributed by atoms with Crippen LogP contribution in [0.3, 0.4) is 0 Å². The summed E-state index contributed by atoms with van der Waals surface area (Å²) in [6.07, 6.45) is 3.43. The van der Waals surface area contributed by atoms with Crippen molar-refractivity contribution in [3.63, 3.8) is 0 Å². The van der Waals surface area contributed by atoms with E-state index in [4.69, 9.17) is 9.47 Å². The van der Waals surface area contributed by atoms with Gasteiger partial charge in [-0.1, -0.05) is 12.1 Å². The molecule has 0 saturated heterocycles. The van der Waals surface area contributed by atoms with E-state index in [-0.39, 0.29) is 6.10 Å². The summed E-state index contributed by atoms with van der Waals surface area (Å²) in [5, 5.41) is 3.38. The number of methoxy groups -OCH3 is 1. The molecular formula is C21H24N4O2. The maximum atomic E-state index is 6.00. The number of benzene rings is 1. The second-order valence-electron chi connectivity index (χ2n) is 6.31. The average Bonchev–Trinajstić information content (AvgIpc) is 2.70. The van der Waals surface area contributed by atoms with Gasteiger partial charge in [0, 0.05) is 29.2 Å². The van der Waals surface area contributed by atoms with E-state index in [2.05, 4.69) is 20.3 Å². The number of hydrogen-bond acceptors (Lipinski definition) is 6. The number of para-hydroxylation sites is 2. The first-order chi connectivity index (χ1) is 13.1. The zero-order valence-corrected chi connectivity index (χ0v) is 16.1. The highest BCUT2D eigenvalue weighted by Gasteiger charge is 2.12. The second kappa shape index (κ2) is 8.49. The van der Waals surface area contributed by atoms with Crippen molar-refractivity contribution in [2.75, 3.05) is 19.0 Å². The number of nitrogens with one attached hydrogen (secondary N) is 1. The van der Waals surface area contributed by atoms with Crippen molar-refractivity contribution in [3.8, 4) is 22.9 Å². The predicted octanol–water partition coefficient (Wildman–Crippen LogP) is 4.04. The minimum atomic E-state index is -0.0715. The van der Waals surface area contributed by atoms with Crippen LogP contribution in [0.5, 0.6) is 11.5 Å². The molecular weight excluding hydrogens is 340 g/mol. The molecule has 0 aliphatic heterocycles. The first kappa shape index (κ1) is 18.6. The molecule has 2 heterocycles. The van der Waals surface area contributed by atoms with Crippen LogP contribution in [-0.2, 0) is 0 Å². The third kappa shape index (κ3) is 4.53. The van der Waals surface area contributed by atoms with Crippen molar-refractivity contribution in [1.82, 2.24) is 15.0 Å². The molecule has 3 aromatic rings. The maximum absolute atomic E-state index is 6.00. The van der Waals surface area contributed by atoms with Gasteiger partial charge >= 0.3 is 0 Å². The van der Waals surface area contributed by atoms with E-state index in [0.717, 1.165) is 34.1 Å². The molecule has 1 aromatic carbocycles. The summed E-state index contributed by atoms with van der Waals surface area (Å²) < 4.78 is 11.3. The molecule has 0 spiro atoms. The number of aryl methyl sites for hydroxylation is 1. The molecule has 0 aliphatic carbocycles.